The summed E-state index contributed by atoms with van der Waals surface area (Å²) >= 11 is 1.57. The smallest absolute Gasteiger partial charge is 0.322 e. The molecule has 0 radical (unpaired) electrons. The Morgan fingerprint density at radius 2 is 1.95 bits per heavy atom. The fourth-order valence-electron chi connectivity index (χ4n) is 2.08. The number of urea groups is 1. The predicted octanol–water partition coefficient (Wildman–Crippen LogP) is 0.952. The average Bonchev–Trinajstić information content (AvgIpc) is 2.84. The van der Waals surface area contributed by atoms with Crippen molar-refractivity contribution < 1.29 is 9.59 Å². The maximum Gasteiger partial charge on any atom is 0.322 e. The molecule has 0 atom stereocenters. The molecule has 0 bridgehead atoms. The molecule has 20 heavy (non-hydrogen) atoms. The van der Waals surface area contributed by atoms with Gasteiger partial charge in [-0.1, -0.05) is 0 Å². The fraction of sp³-hybridized carbons (Fsp3) is 0.538. The molecule has 7 heteroatoms. The molecule has 3 amide bonds. The molecule has 0 unspecified atom stereocenters. The molecular weight excluding hydrogens is 276 g/mol. The normalized spacial score (nSPS) is 16.0. The van der Waals surface area contributed by atoms with Crippen LogP contribution in [0.1, 0.15) is 4.88 Å². The Labute approximate surface area is 122 Å². The van der Waals surface area contributed by atoms with Gasteiger partial charge >= 0.3 is 6.03 Å². The lowest BCUT2D eigenvalue weighted by Gasteiger charge is -2.34. The molecule has 1 aliphatic heterocycles. The predicted molar refractivity (Wildman–Crippen MR) is 80.2 cm³/mol. The van der Waals surface area contributed by atoms with Gasteiger partial charge in [0.05, 0.1) is 11.5 Å². The van der Waals surface area contributed by atoms with Crippen molar-refractivity contribution in [1.82, 2.24) is 15.1 Å². The summed E-state index contributed by atoms with van der Waals surface area (Å²) in [6.07, 6.45) is 0. The van der Waals surface area contributed by atoms with Crippen molar-refractivity contribution >= 4 is 28.3 Å². The highest BCUT2D eigenvalue weighted by Gasteiger charge is 2.22. The first-order valence-electron chi connectivity index (χ1n) is 6.64. The van der Waals surface area contributed by atoms with Crippen LogP contribution in [0.25, 0.3) is 0 Å². The largest absolute Gasteiger partial charge is 0.358 e. The summed E-state index contributed by atoms with van der Waals surface area (Å²) in [5, 5.41) is 6.39. The van der Waals surface area contributed by atoms with Crippen LogP contribution in [-0.4, -0.2) is 61.5 Å². The summed E-state index contributed by atoms with van der Waals surface area (Å²) in [5.41, 5.74) is 0. The van der Waals surface area contributed by atoms with Crippen molar-refractivity contribution in [1.29, 1.82) is 0 Å². The summed E-state index contributed by atoms with van der Waals surface area (Å²) < 4.78 is 0. The Morgan fingerprint density at radius 3 is 2.50 bits per heavy atom. The Bertz CT molecular complexity index is 480. The number of thiophene rings is 1. The SMILES string of the molecule is CNC(=O)CN1CCN(C(=O)Nc2ccc(C)s2)CC1. The van der Waals surface area contributed by atoms with Gasteiger partial charge in [-0.3, -0.25) is 15.0 Å². The Balaban J connectivity index is 1.78. The maximum absolute atomic E-state index is 12.1. The molecular formula is C13H20N4O2S. The van der Waals surface area contributed by atoms with E-state index in [0.29, 0.717) is 19.6 Å². The molecule has 1 aromatic rings. The van der Waals surface area contributed by atoms with Crippen LogP contribution in [-0.2, 0) is 4.79 Å². The van der Waals surface area contributed by atoms with Crippen molar-refractivity contribution in [3.05, 3.63) is 17.0 Å². The monoisotopic (exact) mass is 296 g/mol. The lowest BCUT2D eigenvalue weighted by Crippen LogP contribution is -2.51. The summed E-state index contributed by atoms with van der Waals surface area (Å²) in [4.78, 5) is 28.4. The van der Waals surface area contributed by atoms with E-state index in [-0.39, 0.29) is 11.9 Å². The highest BCUT2D eigenvalue weighted by atomic mass is 32.1. The summed E-state index contributed by atoms with van der Waals surface area (Å²) in [6, 6.07) is 3.84. The molecule has 0 aliphatic carbocycles. The number of hydrogen-bond donors (Lipinski definition) is 2. The van der Waals surface area contributed by atoms with Gasteiger partial charge in [0, 0.05) is 38.1 Å². The molecule has 1 saturated heterocycles. The number of likely N-dealkylation sites (N-methyl/N-ethyl adjacent to an activating group) is 1. The summed E-state index contributed by atoms with van der Waals surface area (Å²) in [7, 11) is 1.63. The summed E-state index contributed by atoms with van der Waals surface area (Å²) in [6.45, 7) is 5.16. The van der Waals surface area contributed by atoms with E-state index in [1.54, 1.807) is 23.3 Å². The quantitative estimate of drug-likeness (QED) is 0.873. The zero-order valence-corrected chi connectivity index (χ0v) is 12.6. The minimum atomic E-state index is -0.0635. The first-order valence-corrected chi connectivity index (χ1v) is 7.45. The van der Waals surface area contributed by atoms with Crippen molar-refractivity contribution in [3.8, 4) is 0 Å². The van der Waals surface area contributed by atoms with Crippen LogP contribution in [0, 0.1) is 6.92 Å². The van der Waals surface area contributed by atoms with Crippen LogP contribution >= 0.6 is 11.3 Å². The average molecular weight is 296 g/mol. The van der Waals surface area contributed by atoms with E-state index in [4.69, 9.17) is 0 Å². The van der Waals surface area contributed by atoms with Crippen LogP contribution in [0.5, 0.6) is 0 Å². The molecule has 6 nitrogen and oxygen atoms in total. The van der Waals surface area contributed by atoms with E-state index in [9.17, 15) is 9.59 Å². The molecule has 1 aliphatic rings. The first-order chi connectivity index (χ1) is 9.58. The Kier molecular flexibility index (Phi) is 4.97. The third-order valence-electron chi connectivity index (χ3n) is 3.28. The van der Waals surface area contributed by atoms with E-state index < -0.39 is 0 Å². The second-order valence-corrected chi connectivity index (χ2v) is 6.06. The van der Waals surface area contributed by atoms with E-state index in [1.807, 2.05) is 19.1 Å². The van der Waals surface area contributed by atoms with Gasteiger partial charge in [-0.25, -0.2) is 4.79 Å². The molecule has 2 heterocycles. The maximum atomic E-state index is 12.1. The Morgan fingerprint density at radius 1 is 1.25 bits per heavy atom. The highest BCUT2D eigenvalue weighted by Crippen LogP contribution is 2.21. The molecule has 0 spiro atoms. The molecule has 1 aromatic heterocycles. The van der Waals surface area contributed by atoms with Crippen molar-refractivity contribution in [2.75, 3.05) is 45.1 Å². The second-order valence-electron chi connectivity index (χ2n) is 4.78. The third-order valence-corrected chi connectivity index (χ3v) is 4.19. The molecule has 0 saturated carbocycles. The number of amides is 3. The fourth-order valence-corrected chi connectivity index (χ4v) is 2.83. The van der Waals surface area contributed by atoms with Gasteiger partial charge in [-0.15, -0.1) is 11.3 Å². The number of rotatable bonds is 3. The lowest BCUT2D eigenvalue weighted by atomic mass is 10.3. The second kappa shape index (κ2) is 6.71. The number of aryl methyl sites for hydroxylation is 1. The minimum absolute atomic E-state index is 0.0111. The number of piperazine rings is 1. The van der Waals surface area contributed by atoms with Gasteiger partial charge in [0.1, 0.15) is 0 Å². The number of hydrogen-bond acceptors (Lipinski definition) is 4. The zero-order chi connectivity index (χ0) is 14.5. The van der Waals surface area contributed by atoms with E-state index >= 15 is 0 Å². The van der Waals surface area contributed by atoms with Gasteiger partial charge in [0.25, 0.3) is 0 Å². The molecule has 0 aromatic carbocycles. The van der Waals surface area contributed by atoms with Crippen LogP contribution in [0.15, 0.2) is 12.1 Å². The molecule has 2 rings (SSSR count). The molecule has 110 valence electrons. The Hall–Kier alpha value is -1.60. The first kappa shape index (κ1) is 14.8. The topological polar surface area (TPSA) is 64.7 Å². The number of carbonyl (C=O) groups excluding carboxylic acids is 2. The number of nitrogens with zero attached hydrogens (tertiary/aromatic N) is 2. The number of carbonyl (C=O) groups is 2. The highest BCUT2D eigenvalue weighted by molar-refractivity contribution is 7.16. The van der Waals surface area contributed by atoms with Crippen LogP contribution in [0.3, 0.4) is 0 Å². The zero-order valence-electron chi connectivity index (χ0n) is 11.8. The van der Waals surface area contributed by atoms with Gasteiger partial charge in [0.2, 0.25) is 5.91 Å². The van der Waals surface area contributed by atoms with Crippen LogP contribution in [0.2, 0.25) is 0 Å². The van der Waals surface area contributed by atoms with Crippen LogP contribution < -0.4 is 10.6 Å². The number of anilines is 1. The van der Waals surface area contributed by atoms with E-state index in [0.717, 1.165) is 18.1 Å². The third kappa shape index (κ3) is 3.94. The van der Waals surface area contributed by atoms with Crippen molar-refractivity contribution in [3.63, 3.8) is 0 Å². The molecule has 1 fully saturated rings. The lowest BCUT2D eigenvalue weighted by molar-refractivity contribution is -0.122. The minimum Gasteiger partial charge on any atom is -0.358 e. The van der Waals surface area contributed by atoms with Gasteiger partial charge in [0.15, 0.2) is 0 Å². The summed E-state index contributed by atoms with van der Waals surface area (Å²) in [5.74, 6) is 0.0111. The van der Waals surface area contributed by atoms with Crippen molar-refractivity contribution in [2.45, 2.75) is 6.92 Å². The van der Waals surface area contributed by atoms with Crippen molar-refractivity contribution in [2.24, 2.45) is 0 Å². The molecule has 2 N–H and O–H groups in total. The van der Waals surface area contributed by atoms with Gasteiger partial charge in [-0.05, 0) is 19.1 Å². The standard InChI is InChI=1S/C13H20N4O2S/c1-10-3-4-12(20-10)15-13(19)17-7-5-16(6-8-17)9-11(18)14-2/h3-4H,5-9H2,1-2H3,(H,14,18)(H,15,19). The van der Waals surface area contributed by atoms with Gasteiger partial charge in [-0.2, -0.15) is 0 Å². The van der Waals surface area contributed by atoms with Gasteiger partial charge < -0.3 is 10.2 Å². The number of nitrogens with one attached hydrogen (secondary N) is 2. The van der Waals surface area contributed by atoms with Crippen LogP contribution in [0.4, 0.5) is 9.80 Å². The van der Waals surface area contributed by atoms with E-state index in [1.165, 1.54) is 4.88 Å². The van der Waals surface area contributed by atoms with E-state index in [2.05, 4.69) is 15.5 Å².